The Morgan fingerprint density at radius 2 is 1.62 bits per heavy atom. The summed E-state index contributed by atoms with van der Waals surface area (Å²) in [4.78, 5) is 14.3. The molecular formula is C20H25NO4S. The second-order valence-electron chi connectivity index (χ2n) is 6.53. The highest BCUT2D eigenvalue weighted by molar-refractivity contribution is 7.90. The number of amides is 1. The summed E-state index contributed by atoms with van der Waals surface area (Å²) >= 11 is 0. The molecule has 0 N–H and O–H groups in total. The molecule has 0 bridgehead atoms. The standard InChI is InChI=1S/C20H25NO4S/c1-14-7-6-8-15(2)20(14)25-13-19(22)21(4)16(3)17-9-11-18(12-10-17)26(5,23)24/h6-12,16H,13H2,1-5H3. The maximum atomic E-state index is 12.5. The number of carbonyl (C=O) groups is 1. The SMILES string of the molecule is Cc1cccc(C)c1OCC(=O)N(C)C(C)c1ccc(S(C)(=O)=O)cc1. The van der Waals surface area contributed by atoms with Gasteiger partial charge in [-0.25, -0.2) is 8.42 Å². The molecular weight excluding hydrogens is 350 g/mol. The maximum absolute atomic E-state index is 12.5. The minimum atomic E-state index is -3.23. The molecule has 0 saturated carbocycles. The lowest BCUT2D eigenvalue weighted by atomic mass is 10.1. The summed E-state index contributed by atoms with van der Waals surface area (Å²) in [7, 11) is -1.52. The highest BCUT2D eigenvalue weighted by atomic mass is 32.2. The fourth-order valence-corrected chi connectivity index (χ4v) is 3.33. The molecule has 0 aliphatic rings. The van der Waals surface area contributed by atoms with Crippen LogP contribution in [0.1, 0.15) is 29.7 Å². The highest BCUT2D eigenvalue weighted by Crippen LogP contribution is 2.24. The van der Waals surface area contributed by atoms with Crippen molar-refractivity contribution in [3.05, 3.63) is 59.2 Å². The lowest BCUT2D eigenvalue weighted by Crippen LogP contribution is -2.33. The van der Waals surface area contributed by atoms with Crippen LogP contribution in [0, 0.1) is 13.8 Å². The molecule has 1 amide bonds. The van der Waals surface area contributed by atoms with E-state index in [1.54, 1.807) is 36.2 Å². The molecule has 0 spiro atoms. The molecule has 0 saturated heterocycles. The van der Waals surface area contributed by atoms with Gasteiger partial charge in [0.15, 0.2) is 16.4 Å². The number of benzene rings is 2. The summed E-state index contributed by atoms with van der Waals surface area (Å²) in [6.07, 6.45) is 1.17. The van der Waals surface area contributed by atoms with Crippen molar-refractivity contribution < 1.29 is 17.9 Å². The van der Waals surface area contributed by atoms with Gasteiger partial charge in [0, 0.05) is 13.3 Å². The number of hydrogen-bond acceptors (Lipinski definition) is 4. The van der Waals surface area contributed by atoms with Gasteiger partial charge < -0.3 is 9.64 Å². The Bertz CT molecular complexity index is 868. The van der Waals surface area contributed by atoms with Gasteiger partial charge in [-0.15, -0.1) is 0 Å². The summed E-state index contributed by atoms with van der Waals surface area (Å²) < 4.78 is 28.8. The Hall–Kier alpha value is -2.34. The zero-order chi connectivity index (χ0) is 19.5. The van der Waals surface area contributed by atoms with E-state index in [1.165, 1.54) is 6.26 Å². The first-order chi connectivity index (χ1) is 12.1. The van der Waals surface area contributed by atoms with Crippen molar-refractivity contribution in [3.63, 3.8) is 0 Å². The Kier molecular flexibility index (Phi) is 6.08. The van der Waals surface area contributed by atoms with Gasteiger partial charge in [-0.2, -0.15) is 0 Å². The van der Waals surface area contributed by atoms with E-state index in [0.717, 1.165) is 22.4 Å². The van der Waals surface area contributed by atoms with Crippen LogP contribution in [0.15, 0.2) is 47.4 Å². The average molecular weight is 375 g/mol. The molecule has 2 rings (SSSR count). The Morgan fingerprint density at radius 3 is 2.12 bits per heavy atom. The van der Waals surface area contributed by atoms with E-state index in [-0.39, 0.29) is 23.5 Å². The number of ether oxygens (including phenoxy) is 1. The first kappa shape index (κ1) is 20.0. The number of carbonyl (C=O) groups excluding carboxylic acids is 1. The monoisotopic (exact) mass is 375 g/mol. The van der Waals surface area contributed by atoms with Crippen LogP contribution in [0.3, 0.4) is 0 Å². The third-order valence-electron chi connectivity index (χ3n) is 4.51. The molecule has 0 aliphatic carbocycles. The summed E-state index contributed by atoms with van der Waals surface area (Å²) in [6, 6.07) is 12.2. The van der Waals surface area contributed by atoms with Crippen LogP contribution in [0.4, 0.5) is 0 Å². The van der Waals surface area contributed by atoms with Crippen LogP contribution < -0.4 is 4.74 Å². The number of rotatable bonds is 6. The maximum Gasteiger partial charge on any atom is 0.260 e. The van der Waals surface area contributed by atoms with E-state index in [4.69, 9.17) is 4.74 Å². The topological polar surface area (TPSA) is 63.7 Å². The van der Waals surface area contributed by atoms with Gasteiger partial charge in [-0.3, -0.25) is 4.79 Å². The third-order valence-corrected chi connectivity index (χ3v) is 5.64. The predicted molar refractivity (Wildman–Crippen MR) is 102 cm³/mol. The smallest absolute Gasteiger partial charge is 0.260 e. The second-order valence-corrected chi connectivity index (χ2v) is 8.55. The molecule has 1 atom stereocenters. The van der Waals surface area contributed by atoms with E-state index in [9.17, 15) is 13.2 Å². The Balaban J connectivity index is 2.05. The predicted octanol–water partition coefficient (Wildman–Crippen LogP) is 3.31. The van der Waals surface area contributed by atoms with Gasteiger partial charge in [-0.1, -0.05) is 30.3 Å². The average Bonchev–Trinajstić information content (AvgIpc) is 2.59. The van der Waals surface area contributed by atoms with Crippen molar-refractivity contribution in [2.24, 2.45) is 0 Å². The van der Waals surface area contributed by atoms with Gasteiger partial charge in [0.1, 0.15) is 5.75 Å². The van der Waals surface area contributed by atoms with Crippen LogP contribution in [0.25, 0.3) is 0 Å². The van der Waals surface area contributed by atoms with E-state index in [1.807, 2.05) is 39.0 Å². The molecule has 140 valence electrons. The summed E-state index contributed by atoms with van der Waals surface area (Å²) in [5.41, 5.74) is 2.84. The van der Waals surface area contributed by atoms with Gasteiger partial charge in [-0.05, 0) is 49.6 Å². The van der Waals surface area contributed by atoms with E-state index < -0.39 is 9.84 Å². The summed E-state index contributed by atoms with van der Waals surface area (Å²) in [5.74, 6) is 0.590. The highest BCUT2D eigenvalue weighted by Gasteiger charge is 2.19. The zero-order valence-electron chi connectivity index (χ0n) is 15.8. The van der Waals surface area contributed by atoms with Crippen LogP contribution in [0.2, 0.25) is 0 Å². The number of para-hydroxylation sites is 1. The van der Waals surface area contributed by atoms with Gasteiger partial charge >= 0.3 is 0 Å². The van der Waals surface area contributed by atoms with Crippen LogP contribution in [-0.4, -0.2) is 39.1 Å². The molecule has 5 nitrogen and oxygen atoms in total. The van der Waals surface area contributed by atoms with Crippen LogP contribution >= 0.6 is 0 Å². The number of aryl methyl sites for hydroxylation is 2. The van der Waals surface area contributed by atoms with Gasteiger partial charge in [0.05, 0.1) is 10.9 Å². The van der Waals surface area contributed by atoms with Crippen molar-refractivity contribution in [2.75, 3.05) is 19.9 Å². The van der Waals surface area contributed by atoms with Crippen LogP contribution in [0.5, 0.6) is 5.75 Å². The number of hydrogen-bond donors (Lipinski definition) is 0. The van der Waals surface area contributed by atoms with Crippen molar-refractivity contribution >= 4 is 15.7 Å². The Morgan fingerprint density at radius 1 is 1.08 bits per heavy atom. The molecule has 26 heavy (non-hydrogen) atoms. The second kappa shape index (κ2) is 7.91. The summed E-state index contributed by atoms with van der Waals surface area (Å²) in [6.45, 7) is 5.74. The first-order valence-electron chi connectivity index (χ1n) is 8.36. The number of nitrogens with zero attached hydrogens (tertiary/aromatic N) is 1. The molecule has 0 aliphatic heterocycles. The summed E-state index contributed by atoms with van der Waals surface area (Å²) in [5, 5.41) is 0. The normalized spacial score (nSPS) is 12.5. The molecule has 0 aromatic heterocycles. The first-order valence-corrected chi connectivity index (χ1v) is 10.2. The minimum Gasteiger partial charge on any atom is -0.483 e. The fourth-order valence-electron chi connectivity index (χ4n) is 2.70. The molecule has 2 aromatic rings. The molecule has 1 unspecified atom stereocenters. The van der Waals surface area contributed by atoms with E-state index in [2.05, 4.69) is 0 Å². The van der Waals surface area contributed by atoms with E-state index >= 15 is 0 Å². The quantitative estimate of drug-likeness (QED) is 0.777. The fraction of sp³-hybridized carbons (Fsp3) is 0.350. The largest absolute Gasteiger partial charge is 0.483 e. The van der Waals surface area contributed by atoms with Gasteiger partial charge in [0.25, 0.3) is 5.91 Å². The van der Waals surface area contributed by atoms with Crippen molar-refractivity contribution in [1.29, 1.82) is 0 Å². The lowest BCUT2D eigenvalue weighted by Gasteiger charge is -2.26. The van der Waals surface area contributed by atoms with Gasteiger partial charge in [0.2, 0.25) is 0 Å². The third kappa shape index (κ3) is 4.64. The molecule has 0 heterocycles. The molecule has 2 aromatic carbocycles. The van der Waals surface area contributed by atoms with E-state index in [0.29, 0.717) is 0 Å². The van der Waals surface area contributed by atoms with Crippen molar-refractivity contribution in [2.45, 2.75) is 31.7 Å². The molecule has 6 heteroatoms. The lowest BCUT2D eigenvalue weighted by molar-refractivity contribution is -0.134. The van der Waals surface area contributed by atoms with Crippen molar-refractivity contribution in [3.8, 4) is 5.75 Å². The molecule has 0 radical (unpaired) electrons. The zero-order valence-corrected chi connectivity index (χ0v) is 16.6. The Labute approximate surface area is 155 Å². The number of likely N-dealkylation sites (N-methyl/N-ethyl adjacent to an activating group) is 1. The number of sulfone groups is 1. The minimum absolute atomic E-state index is 0.0477. The van der Waals surface area contributed by atoms with Crippen LogP contribution in [-0.2, 0) is 14.6 Å². The molecule has 0 fully saturated rings. The van der Waals surface area contributed by atoms with Crippen molar-refractivity contribution in [1.82, 2.24) is 4.90 Å².